The predicted molar refractivity (Wildman–Crippen MR) is 134 cm³/mol. The molecule has 4 heterocycles. The van der Waals surface area contributed by atoms with Gasteiger partial charge in [0.1, 0.15) is 0 Å². The zero-order valence-electron chi connectivity index (χ0n) is 19.4. The Balaban J connectivity index is 1.13. The SMILES string of the molecule is Cc1cc(CCNCC[N+]23CCN(CC2)CC3)ccc1N=Nc1nc2cc([N+](=O)[O-])ccc2s1. The van der Waals surface area contributed by atoms with Crippen LogP contribution in [0.25, 0.3) is 10.2 Å². The largest absolute Gasteiger partial charge is 0.319 e. The second kappa shape index (κ2) is 9.83. The molecule has 6 rings (SSSR count). The molecule has 3 fully saturated rings. The lowest BCUT2D eigenvalue weighted by Crippen LogP contribution is -2.68. The van der Waals surface area contributed by atoms with Crippen LogP contribution in [0.15, 0.2) is 46.6 Å². The van der Waals surface area contributed by atoms with Gasteiger partial charge in [-0.3, -0.25) is 15.0 Å². The number of non-ortho nitro benzene ring substituents is 1. The Morgan fingerprint density at radius 2 is 1.91 bits per heavy atom. The average Bonchev–Trinajstić information content (AvgIpc) is 3.26. The van der Waals surface area contributed by atoms with Gasteiger partial charge in [0.05, 0.1) is 47.0 Å². The molecule has 0 saturated carbocycles. The number of benzene rings is 2. The Labute approximate surface area is 202 Å². The van der Waals surface area contributed by atoms with Crippen molar-refractivity contribution in [2.24, 2.45) is 10.2 Å². The molecule has 1 aromatic heterocycles. The standard InChI is InChI=1S/C24H30N7O2S/c1-18-16-19(6-7-25-8-12-31-13-9-29(10-14-31)11-15-31)2-4-21(18)27-28-24-26-22-17-20(30(32)33)3-5-23(22)34-24/h2-5,16-17,25H,6-15H2,1H3/q+1. The molecule has 0 atom stereocenters. The van der Waals surface area contributed by atoms with Gasteiger partial charge in [-0.2, -0.15) is 0 Å². The summed E-state index contributed by atoms with van der Waals surface area (Å²) in [5, 5.41) is 23.7. The van der Waals surface area contributed by atoms with E-state index in [4.69, 9.17) is 0 Å². The summed E-state index contributed by atoms with van der Waals surface area (Å²) in [5.74, 6) is 0. The maximum absolute atomic E-state index is 11.0. The topological polar surface area (TPSA) is 96.0 Å². The highest BCUT2D eigenvalue weighted by Gasteiger charge is 2.37. The second-order valence-corrected chi connectivity index (χ2v) is 10.3. The van der Waals surface area contributed by atoms with Crippen LogP contribution in [0, 0.1) is 17.0 Å². The number of nitro benzene ring substituents is 1. The summed E-state index contributed by atoms with van der Waals surface area (Å²) in [5.41, 5.74) is 3.76. The average molecular weight is 481 g/mol. The van der Waals surface area contributed by atoms with Crippen LogP contribution in [0.3, 0.4) is 0 Å². The van der Waals surface area contributed by atoms with Crippen molar-refractivity contribution in [2.45, 2.75) is 13.3 Å². The Morgan fingerprint density at radius 1 is 1.12 bits per heavy atom. The molecular formula is C24H30N7O2S+. The number of nitrogens with zero attached hydrogens (tertiary/aromatic N) is 6. The summed E-state index contributed by atoms with van der Waals surface area (Å²) in [6.07, 6.45) is 0.989. The molecular weight excluding hydrogens is 450 g/mol. The molecule has 1 N–H and O–H groups in total. The van der Waals surface area contributed by atoms with Crippen molar-refractivity contribution < 1.29 is 9.41 Å². The Kier molecular flexibility index (Phi) is 6.64. The van der Waals surface area contributed by atoms with Crippen molar-refractivity contribution >= 4 is 38.1 Å². The van der Waals surface area contributed by atoms with Crippen molar-refractivity contribution in [1.82, 2.24) is 15.2 Å². The van der Waals surface area contributed by atoms with Gasteiger partial charge < -0.3 is 9.80 Å². The summed E-state index contributed by atoms with van der Waals surface area (Å²) < 4.78 is 2.15. The number of hydrogen-bond donors (Lipinski definition) is 1. The quantitative estimate of drug-likeness (QED) is 0.163. The van der Waals surface area contributed by atoms with Crippen molar-refractivity contribution in [1.29, 1.82) is 0 Å². The summed E-state index contributed by atoms with van der Waals surface area (Å²) in [4.78, 5) is 17.5. The molecule has 0 amide bonds. The van der Waals surface area contributed by atoms with Crippen molar-refractivity contribution in [3.05, 3.63) is 57.6 Å². The van der Waals surface area contributed by atoms with Gasteiger partial charge in [0.15, 0.2) is 0 Å². The number of nitro groups is 1. The van der Waals surface area contributed by atoms with E-state index in [-0.39, 0.29) is 5.69 Å². The molecule has 10 heteroatoms. The molecule has 0 spiro atoms. The first-order valence-corrected chi connectivity index (χ1v) is 12.7. The number of aryl methyl sites for hydroxylation is 1. The Morgan fingerprint density at radius 3 is 2.65 bits per heavy atom. The number of azo groups is 1. The number of aromatic nitrogens is 1. The summed E-state index contributed by atoms with van der Waals surface area (Å²) in [6, 6.07) is 10.9. The van der Waals surface area contributed by atoms with E-state index in [0.717, 1.165) is 35.5 Å². The molecule has 3 aromatic rings. The third kappa shape index (κ3) is 5.15. The second-order valence-electron chi connectivity index (χ2n) is 9.30. The molecule has 0 aliphatic carbocycles. The van der Waals surface area contributed by atoms with Gasteiger partial charge in [-0.15, -0.1) is 10.2 Å². The molecule has 3 aliphatic rings. The lowest BCUT2D eigenvalue weighted by atomic mass is 10.1. The number of hydrogen-bond acceptors (Lipinski definition) is 8. The zero-order valence-corrected chi connectivity index (χ0v) is 20.3. The maximum atomic E-state index is 11.0. The van der Waals surface area contributed by atoms with Crippen molar-refractivity contribution in [3.8, 4) is 0 Å². The van der Waals surface area contributed by atoms with Crippen LogP contribution in [0.5, 0.6) is 0 Å². The summed E-state index contributed by atoms with van der Waals surface area (Å²) in [6.45, 7) is 13.1. The van der Waals surface area contributed by atoms with Crippen LogP contribution >= 0.6 is 11.3 Å². The molecule has 9 nitrogen and oxygen atoms in total. The number of thiazole rings is 1. The molecule has 3 aliphatic heterocycles. The molecule has 3 saturated heterocycles. The third-order valence-corrected chi connectivity index (χ3v) is 8.02. The molecule has 178 valence electrons. The first kappa shape index (κ1) is 23.0. The van der Waals surface area contributed by atoms with E-state index in [1.165, 1.54) is 79.3 Å². The monoisotopic (exact) mass is 480 g/mol. The van der Waals surface area contributed by atoms with Gasteiger partial charge in [0.2, 0.25) is 5.13 Å². The highest BCUT2D eigenvalue weighted by atomic mass is 32.1. The fraction of sp³-hybridized carbons (Fsp3) is 0.458. The van der Waals surface area contributed by atoms with E-state index in [0.29, 0.717) is 10.6 Å². The fourth-order valence-electron chi connectivity index (χ4n) is 4.88. The van der Waals surface area contributed by atoms with Gasteiger partial charge in [0.25, 0.3) is 5.69 Å². The minimum absolute atomic E-state index is 0.0280. The van der Waals surface area contributed by atoms with Gasteiger partial charge in [-0.25, -0.2) is 4.98 Å². The highest BCUT2D eigenvalue weighted by molar-refractivity contribution is 7.21. The Hall–Kier alpha value is -2.79. The molecule has 2 aromatic carbocycles. The number of nitrogens with one attached hydrogen (secondary N) is 1. The first-order chi connectivity index (χ1) is 16.5. The predicted octanol–water partition coefficient (Wildman–Crippen LogP) is 4.21. The van der Waals surface area contributed by atoms with Crippen molar-refractivity contribution in [3.63, 3.8) is 0 Å². The van der Waals surface area contributed by atoms with Crippen LogP contribution < -0.4 is 5.32 Å². The lowest BCUT2D eigenvalue weighted by Gasteiger charge is -2.50. The molecule has 0 radical (unpaired) electrons. The smallest absolute Gasteiger partial charge is 0.271 e. The maximum Gasteiger partial charge on any atom is 0.271 e. The summed E-state index contributed by atoms with van der Waals surface area (Å²) in [7, 11) is 0. The number of fused-ring (bicyclic) bond motifs is 4. The number of quaternary nitrogens is 1. The summed E-state index contributed by atoms with van der Waals surface area (Å²) >= 11 is 1.37. The van der Waals surface area contributed by atoms with E-state index in [2.05, 4.69) is 37.6 Å². The fourth-order valence-corrected chi connectivity index (χ4v) is 5.65. The van der Waals surface area contributed by atoms with Gasteiger partial charge in [-0.1, -0.05) is 23.5 Å². The number of rotatable bonds is 9. The van der Waals surface area contributed by atoms with E-state index < -0.39 is 4.92 Å². The normalized spacial score (nSPS) is 22.1. The van der Waals surface area contributed by atoms with Crippen LogP contribution in [-0.2, 0) is 6.42 Å². The minimum Gasteiger partial charge on any atom is -0.319 e. The van der Waals surface area contributed by atoms with E-state index >= 15 is 0 Å². The first-order valence-electron chi connectivity index (χ1n) is 11.8. The lowest BCUT2D eigenvalue weighted by molar-refractivity contribution is -0.939. The van der Waals surface area contributed by atoms with Crippen LogP contribution in [0.4, 0.5) is 16.5 Å². The van der Waals surface area contributed by atoms with Crippen molar-refractivity contribution in [2.75, 3.05) is 58.9 Å². The van der Waals surface area contributed by atoms with E-state index in [9.17, 15) is 10.1 Å². The molecule has 0 unspecified atom stereocenters. The van der Waals surface area contributed by atoms with E-state index in [1.54, 1.807) is 6.07 Å². The van der Waals surface area contributed by atoms with Gasteiger partial charge in [0, 0.05) is 38.3 Å². The van der Waals surface area contributed by atoms with Crippen LogP contribution in [-0.4, -0.2) is 78.2 Å². The molecule has 2 bridgehead atoms. The number of piperazine rings is 3. The third-order valence-electron chi connectivity index (χ3n) is 7.10. The van der Waals surface area contributed by atoms with Crippen LogP contribution in [0.1, 0.15) is 11.1 Å². The zero-order chi connectivity index (χ0) is 23.5. The minimum atomic E-state index is -0.418. The van der Waals surface area contributed by atoms with Gasteiger partial charge in [-0.05, 0) is 43.1 Å². The van der Waals surface area contributed by atoms with Crippen LogP contribution in [0.2, 0.25) is 0 Å². The molecule has 34 heavy (non-hydrogen) atoms. The van der Waals surface area contributed by atoms with Gasteiger partial charge >= 0.3 is 0 Å². The van der Waals surface area contributed by atoms with E-state index in [1.807, 2.05) is 13.0 Å². The highest BCUT2D eigenvalue weighted by Crippen LogP contribution is 2.32. The Bertz CT molecular complexity index is 1200.